The Balaban J connectivity index is 1.95. The van der Waals surface area contributed by atoms with Crippen LogP contribution in [0.3, 0.4) is 0 Å². The summed E-state index contributed by atoms with van der Waals surface area (Å²) in [7, 11) is 1.83. The van der Waals surface area contributed by atoms with E-state index in [1.807, 2.05) is 25.2 Å². The molecular formula is C13H15N3O2. The molecule has 3 rings (SSSR count). The van der Waals surface area contributed by atoms with Crippen molar-refractivity contribution in [1.29, 1.82) is 0 Å². The number of fused-ring (bicyclic) bond motifs is 1. The van der Waals surface area contributed by atoms with Gasteiger partial charge in [0.15, 0.2) is 17.4 Å². The topological polar surface area (TPSA) is 59.2 Å². The van der Waals surface area contributed by atoms with E-state index in [0.717, 1.165) is 35.1 Å². The Hall–Kier alpha value is -2.17. The molecule has 1 aromatic carbocycles. The summed E-state index contributed by atoms with van der Waals surface area (Å²) in [5, 5.41) is 2.97. The molecule has 5 nitrogen and oxygen atoms in total. The first kappa shape index (κ1) is 11.0. The van der Waals surface area contributed by atoms with Crippen LogP contribution in [0.2, 0.25) is 0 Å². The maximum atomic E-state index is 5.67. The fourth-order valence-electron chi connectivity index (χ4n) is 1.93. The third-order valence-corrected chi connectivity index (χ3v) is 2.87. The number of anilines is 1. The van der Waals surface area contributed by atoms with E-state index in [1.165, 1.54) is 0 Å². The Kier molecular flexibility index (Phi) is 2.80. The number of ether oxygens (including phenoxy) is 2. The summed E-state index contributed by atoms with van der Waals surface area (Å²) in [6, 6.07) is 5.92. The Morgan fingerprint density at radius 1 is 1.22 bits per heavy atom. The van der Waals surface area contributed by atoms with Crippen LogP contribution in [0.15, 0.2) is 24.4 Å². The second kappa shape index (κ2) is 4.60. The molecule has 2 heterocycles. The summed E-state index contributed by atoms with van der Waals surface area (Å²) in [6.07, 6.45) is 2.71. The molecule has 1 aliphatic heterocycles. The summed E-state index contributed by atoms with van der Waals surface area (Å²) >= 11 is 0. The van der Waals surface area contributed by atoms with Crippen LogP contribution in [-0.2, 0) is 0 Å². The fraction of sp³-hybridized carbons (Fsp3) is 0.308. The monoisotopic (exact) mass is 245 g/mol. The highest BCUT2D eigenvalue weighted by Crippen LogP contribution is 2.33. The molecule has 1 aromatic heterocycles. The quantitative estimate of drug-likeness (QED) is 0.852. The fourth-order valence-corrected chi connectivity index (χ4v) is 1.93. The molecule has 0 radical (unpaired) electrons. The van der Waals surface area contributed by atoms with E-state index >= 15 is 0 Å². The number of aromatic amines is 1. The lowest BCUT2D eigenvalue weighted by Crippen LogP contribution is -1.97. The van der Waals surface area contributed by atoms with Crippen molar-refractivity contribution in [1.82, 2.24) is 9.97 Å². The van der Waals surface area contributed by atoms with Crippen molar-refractivity contribution in [2.45, 2.75) is 6.42 Å². The largest absolute Gasteiger partial charge is 0.490 e. The van der Waals surface area contributed by atoms with Crippen LogP contribution in [0.25, 0.3) is 11.3 Å². The maximum Gasteiger partial charge on any atom is 0.200 e. The van der Waals surface area contributed by atoms with Crippen LogP contribution in [0, 0.1) is 0 Å². The molecule has 2 N–H and O–H groups in total. The second-order valence-corrected chi connectivity index (χ2v) is 4.11. The third-order valence-electron chi connectivity index (χ3n) is 2.87. The lowest BCUT2D eigenvalue weighted by molar-refractivity contribution is 0.297. The van der Waals surface area contributed by atoms with E-state index in [-0.39, 0.29) is 0 Å². The van der Waals surface area contributed by atoms with Crippen molar-refractivity contribution in [3.63, 3.8) is 0 Å². The second-order valence-electron chi connectivity index (χ2n) is 4.11. The first-order chi connectivity index (χ1) is 8.86. The Morgan fingerprint density at radius 3 is 2.83 bits per heavy atom. The van der Waals surface area contributed by atoms with Gasteiger partial charge >= 0.3 is 0 Å². The zero-order valence-electron chi connectivity index (χ0n) is 10.2. The van der Waals surface area contributed by atoms with E-state index in [2.05, 4.69) is 15.3 Å². The molecule has 1 aliphatic rings. The van der Waals surface area contributed by atoms with Gasteiger partial charge in [0.25, 0.3) is 0 Å². The van der Waals surface area contributed by atoms with Gasteiger partial charge in [-0.15, -0.1) is 0 Å². The van der Waals surface area contributed by atoms with Gasteiger partial charge in [-0.3, -0.25) is 0 Å². The first-order valence-corrected chi connectivity index (χ1v) is 5.99. The SMILES string of the molecule is CNc1ncc(-c2ccc3c(c2)OCCCO3)[nH]1. The van der Waals surface area contributed by atoms with Crippen molar-refractivity contribution in [2.24, 2.45) is 0 Å². The van der Waals surface area contributed by atoms with Gasteiger partial charge in [0.1, 0.15) is 0 Å². The highest BCUT2D eigenvalue weighted by atomic mass is 16.5. The van der Waals surface area contributed by atoms with Gasteiger partial charge in [-0.25, -0.2) is 4.98 Å². The molecule has 2 aromatic rings. The van der Waals surface area contributed by atoms with Gasteiger partial charge < -0.3 is 19.8 Å². The van der Waals surface area contributed by atoms with Crippen LogP contribution >= 0.6 is 0 Å². The molecule has 5 heteroatoms. The molecular weight excluding hydrogens is 230 g/mol. The van der Waals surface area contributed by atoms with Crippen molar-refractivity contribution < 1.29 is 9.47 Å². The number of rotatable bonds is 2. The third kappa shape index (κ3) is 1.99. The molecule has 0 amide bonds. The number of hydrogen-bond acceptors (Lipinski definition) is 4. The van der Waals surface area contributed by atoms with E-state index in [9.17, 15) is 0 Å². The zero-order valence-corrected chi connectivity index (χ0v) is 10.2. The van der Waals surface area contributed by atoms with Gasteiger partial charge in [0.05, 0.1) is 25.1 Å². The number of nitrogens with one attached hydrogen (secondary N) is 2. The van der Waals surface area contributed by atoms with Crippen LogP contribution < -0.4 is 14.8 Å². The van der Waals surface area contributed by atoms with Crippen molar-refractivity contribution in [2.75, 3.05) is 25.6 Å². The molecule has 0 fully saturated rings. The Bertz CT molecular complexity index is 551. The van der Waals surface area contributed by atoms with Crippen LogP contribution in [0.5, 0.6) is 11.5 Å². The number of imidazole rings is 1. The first-order valence-electron chi connectivity index (χ1n) is 5.99. The molecule has 18 heavy (non-hydrogen) atoms. The van der Waals surface area contributed by atoms with E-state index < -0.39 is 0 Å². The smallest absolute Gasteiger partial charge is 0.200 e. The van der Waals surface area contributed by atoms with Gasteiger partial charge in [-0.05, 0) is 18.2 Å². The molecule has 0 saturated carbocycles. The minimum Gasteiger partial charge on any atom is -0.490 e. The Labute approximate surface area is 105 Å². The van der Waals surface area contributed by atoms with E-state index in [4.69, 9.17) is 9.47 Å². The van der Waals surface area contributed by atoms with Gasteiger partial charge in [-0.1, -0.05) is 0 Å². The maximum absolute atomic E-state index is 5.67. The van der Waals surface area contributed by atoms with Crippen molar-refractivity contribution in [3.05, 3.63) is 24.4 Å². The van der Waals surface area contributed by atoms with Crippen LogP contribution in [0.1, 0.15) is 6.42 Å². The highest BCUT2D eigenvalue weighted by Gasteiger charge is 2.12. The minimum absolute atomic E-state index is 0.696. The molecule has 0 saturated heterocycles. The average molecular weight is 245 g/mol. The van der Waals surface area contributed by atoms with Gasteiger partial charge in [0.2, 0.25) is 0 Å². The summed E-state index contributed by atoms with van der Waals surface area (Å²) in [6.45, 7) is 1.40. The summed E-state index contributed by atoms with van der Waals surface area (Å²) < 4.78 is 11.3. The summed E-state index contributed by atoms with van der Waals surface area (Å²) in [5.74, 6) is 2.35. The standard InChI is InChI=1S/C13H15N3O2/c1-14-13-15-8-10(16-13)9-3-4-11-12(7-9)18-6-2-5-17-11/h3-4,7-8H,2,5-6H2,1H3,(H2,14,15,16). The predicted octanol–water partition coefficient (Wildman–Crippen LogP) is 2.28. The van der Waals surface area contributed by atoms with Crippen LogP contribution in [-0.4, -0.2) is 30.2 Å². The number of aromatic nitrogens is 2. The van der Waals surface area contributed by atoms with Crippen molar-refractivity contribution >= 4 is 5.95 Å². The summed E-state index contributed by atoms with van der Waals surface area (Å²) in [4.78, 5) is 7.39. The van der Waals surface area contributed by atoms with Crippen LogP contribution in [0.4, 0.5) is 5.95 Å². The average Bonchev–Trinajstić information content (AvgIpc) is 2.76. The molecule has 94 valence electrons. The van der Waals surface area contributed by atoms with E-state index in [0.29, 0.717) is 13.2 Å². The zero-order chi connectivity index (χ0) is 12.4. The number of nitrogens with zero attached hydrogens (tertiary/aromatic N) is 1. The van der Waals surface area contributed by atoms with Crippen molar-refractivity contribution in [3.8, 4) is 22.8 Å². The lowest BCUT2D eigenvalue weighted by atomic mass is 10.1. The Morgan fingerprint density at radius 2 is 2.06 bits per heavy atom. The number of H-pyrrole nitrogens is 1. The highest BCUT2D eigenvalue weighted by molar-refractivity contribution is 5.64. The number of benzene rings is 1. The molecule has 0 bridgehead atoms. The molecule has 0 atom stereocenters. The van der Waals surface area contributed by atoms with E-state index in [1.54, 1.807) is 6.20 Å². The molecule has 0 aliphatic carbocycles. The molecule has 0 spiro atoms. The normalized spacial score (nSPS) is 14.1. The van der Waals surface area contributed by atoms with Gasteiger partial charge in [0, 0.05) is 19.0 Å². The minimum atomic E-state index is 0.696. The lowest BCUT2D eigenvalue weighted by Gasteiger charge is -2.08. The predicted molar refractivity (Wildman–Crippen MR) is 69.2 cm³/mol. The van der Waals surface area contributed by atoms with Gasteiger partial charge in [-0.2, -0.15) is 0 Å². The summed E-state index contributed by atoms with van der Waals surface area (Å²) in [5.41, 5.74) is 1.99. The number of hydrogen-bond donors (Lipinski definition) is 2. The molecule has 0 unspecified atom stereocenters.